The molecule has 1 fully saturated rings. The Hall–Kier alpha value is -5.75. The highest BCUT2D eigenvalue weighted by Crippen LogP contribution is 2.47. The van der Waals surface area contributed by atoms with Gasteiger partial charge in [-0.15, -0.1) is 0 Å². The Bertz CT molecular complexity index is 2290. The van der Waals surface area contributed by atoms with Crippen LogP contribution < -0.4 is 0 Å². The zero-order valence-electron chi connectivity index (χ0n) is 34.7. The second-order valence-electron chi connectivity index (χ2n) is 15.1. The van der Waals surface area contributed by atoms with Crippen molar-refractivity contribution in [1.82, 2.24) is 0 Å². The molecule has 0 aliphatic carbocycles. The minimum absolute atomic E-state index is 0.00234. The fraction of sp³-hybridized carbons (Fsp3) is 0.275. The first kappa shape index (κ1) is 44.3. The van der Waals surface area contributed by atoms with Crippen LogP contribution in [-0.2, 0) is 66.3 Å². The summed E-state index contributed by atoms with van der Waals surface area (Å²) in [6.45, 7) is 2.98. The van der Waals surface area contributed by atoms with Gasteiger partial charge < -0.3 is 28.4 Å². The highest BCUT2D eigenvalue weighted by atomic mass is 32.2. The minimum Gasteiger partial charge on any atom is -0.458 e. The molecule has 6 atom stereocenters. The monoisotopic (exact) mass is 849 g/mol. The Morgan fingerprint density at radius 2 is 1.16 bits per heavy atom. The quantitative estimate of drug-likeness (QED) is 0.0304. The standard InChI is InChI=1S/C51H51N3O7S/c1-38-27-29-44(30-28-38)62-51(50(55)60-36-43-25-15-6-16-26-43)31-45(57-33-40-19-9-3-10-20-40)47(53-54-52)49(61-51)48(59-35-42-23-13-5-14-24-42)46(58-34-41-21-11-4-12-22-41)37-56-32-39-17-7-2-8-18-39/h2-30,45-49H,31-37H2,1H3/t45-,46+,47+,48+,49+,51-/m0/s1. The van der Waals surface area contributed by atoms with Gasteiger partial charge in [-0.05, 0) is 52.4 Å². The van der Waals surface area contributed by atoms with Crippen molar-refractivity contribution in [3.8, 4) is 0 Å². The number of thioether (sulfide) groups is 1. The van der Waals surface area contributed by atoms with Crippen molar-refractivity contribution in [2.75, 3.05) is 6.61 Å². The summed E-state index contributed by atoms with van der Waals surface area (Å²) in [5.74, 6) is -0.603. The van der Waals surface area contributed by atoms with Crippen LogP contribution in [0.5, 0.6) is 0 Å². The zero-order valence-corrected chi connectivity index (χ0v) is 35.5. The molecule has 0 bridgehead atoms. The smallest absolute Gasteiger partial charge is 0.349 e. The van der Waals surface area contributed by atoms with E-state index in [0.29, 0.717) is 6.61 Å². The number of aryl methyl sites for hydroxylation is 1. The van der Waals surface area contributed by atoms with Crippen LogP contribution in [0.4, 0.5) is 0 Å². The summed E-state index contributed by atoms with van der Waals surface area (Å²) in [5.41, 5.74) is 15.9. The van der Waals surface area contributed by atoms with E-state index in [4.69, 9.17) is 28.4 Å². The Morgan fingerprint density at radius 3 is 1.69 bits per heavy atom. The van der Waals surface area contributed by atoms with E-state index in [0.717, 1.165) is 38.3 Å². The number of esters is 1. The molecule has 1 aliphatic heterocycles. The Kier molecular flexibility index (Phi) is 16.4. The first-order valence-corrected chi connectivity index (χ1v) is 21.6. The summed E-state index contributed by atoms with van der Waals surface area (Å²) < 4.78 is 40.3. The molecule has 62 heavy (non-hydrogen) atoms. The van der Waals surface area contributed by atoms with Gasteiger partial charge in [-0.3, -0.25) is 0 Å². The number of hydrogen-bond donors (Lipinski definition) is 0. The van der Waals surface area contributed by atoms with E-state index in [2.05, 4.69) is 10.0 Å². The van der Waals surface area contributed by atoms with E-state index in [1.54, 1.807) is 0 Å². The minimum atomic E-state index is -1.69. The summed E-state index contributed by atoms with van der Waals surface area (Å²) in [4.78, 5) is 17.4. The van der Waals surface area contributed by atoms with Crippen molar-refractivity contribution in [3.63, 3.8) is 0 Å². The molecule has 1 heterocycles. The van der Waals surface area contributed by atoms with Crippen molar-refractivity contribution in [3.05, 3.63) is 220 Å². The fourth-order valence-electron chi connectivity index (χ4n) is 7.26. The molecule has 6 aromatic carbocycles. The third-order valence-electron chi connectivity index (χ3n) is 10.5. The summed E-state index contributed by atoms with van der Waals surface area (Å²) in [6.07, 6.45) is -3.70. The van der Waals surface area contributed by atoms with Crippen molar-refractivity contribution in [2.24, 2.45) is 5.11 Å². The Labute approximate surface area is 367 Å². The SMILES string of the molecule is Cc1ccc(S[C@]2(C(=O)OCc3ccccc3)C[C@H](OCc3ccccc3)[C@@H](N=[N+]=[N-])[C@H]([C@H](OCc3ccccc3)[C@@H](COCc3ccccc3)OCc3ccccc3)O2)cc1. The lowest BCUT2D eigenvalue weighted by Gasteiger charge is -2.48. The molecule has 0 unspecified atom stereocenters. The molecule has 0 spiro atoms. The van der Waals surface area contributed by atoms with Gasteiger partial charge in [0.1, 0.15) is 18.8 Å². The lowest BCUT2D eigenvalue weighted by molar-refractivity contribution is -0.228. The molecule has 6 aromatic rings. The third kappa shape index (κ3) is 12.7. The second kappa shape index (κ2) is 22.9. The number of rotatable bonds is 21. The first-order valence-electron chi connectivity index (χ1n) is 20.7. The molecule has 0 N–H and O–H groups in total. The molecule has 0 saturated carbocycles. The number of ether oxygens (including phenoxy) is 6. The highest BCUT2D eigenvalue weighted by Gasteiger charge is 2.57. The largest absolute Gasteiger partial charge is 0.458 e. The lowest BCUT2D eigenvalue weighted by atomic mass is 9.89. The maximum atomic E-state index is 15.0. The van der Waals surface area contributed by atoms with Gasteiger partial charge >= 0.3 is 5.97 Å². The third-order valence-corrected chi connectivity index (χ3v) is 11.8. The highest BCUT2D eigenvalue weighted by molar-refractivity contribution is 8.01. The predicted octanol–water partition coefficient (Wildman–Crippen LogP) is 11.0. The lowest BCUT2D eigenvalue weighted by Crippen LogP contribution is -2.62. The van der Waals surface area contributed by atoms with Crippen LogP contribution in [0.15, 0.2) is 186 Å². The van der Waals surface area contributed by atoms with Gasteiger partial charge in [-0.25, -0.2) is 4.79 Å². The number of hydrogen-bond acceptors (Lipinski definition) is 9. The van der Waals surface area contributed by atoms with Gasteiger partial charge in [0, 0.05) is 16.2 Å². The van der Waals surface area contributed by atoms with E-state index < -0.39 is 41.4 Å². The van der Waals surface area contributed by atoms with Gasteiger partial charge in [-0.1, -0.05) is 186 Å². The molecule has 10 nitrogen and oxygen atoms in total. The number of carbonyl (C=O) groups excluding carboxylic acids is 1. The van der Waals surface area contributed by atoms with Crippen LogP contribution in [0.3, 0.4) is 0 Å². The van der Waals surface area contributed by atoms with Crippen molar-refractivity contribution in [1.29, 1.82) is 0 Å². The molecule has 0 aromatic heterocycles. The van der Waals surface area contributed by atoms with Crippen LogP contribution in [-0.4, -0.2) is 48.0 Å². The fourth-order valence-corrected chi connectivity index (χ4v) is 8.46. The maximum absolute atomic E-state index is 15.0. The number of benzene rings is 6. The molecule has 1 saturated heterocycles. The summed E-state index contributed by atoms with van der Waals surface area (Å²) in [5, 5.41) is 4.39. The van der Waals surface area contributed by atoms with Gasteiger partial charge in [0.25, 0.3) is 0 Å². The van der Waals surface area contributed by atoms with E-state index in [9.17, 15) is 10.3 Å². The van der Waals surface area contributed by atoms with E-state index in [1.165, 1.54) is 11.8 Å². The topological polar surface area (TPSA) is 121 Å². The van der Waals surface area contributed by atoms with Gasteiger partial charge in [0.15, 0.2) is 0 Å². The number of azide groups is 1. The zero-order chi connectivity index (χ0) is 42.8. The summed E-state index contributed by atoms with van der Waals surface area (Å²) in [7, 11) is 0. The average molecular weight is 850 g/mol. The van der Waals surface area contributed by atoms with Crippen molar-refractivity contribution in [2.45, 2.75) is 86.7 Å². The van der Waals surface area contributed by atoms with Crippen LogP contribution in [0, 0.1) is 6.92 Å². The molecule has 1 aliphatic rings. The second-order valence-corrected chi connectivity index (χ2v) is 16.5. The van der Waals surface area contributed by atoms with Gasteiger partial charge in [0.05, 0.1) is 51.3 Å². The predicted molar refractivity (Wildman–Crippen MR) is 240 cm³/mol. The van der Waals surface area contributed by atoms with Crippen molar-refractivity contribution >= 4 is 17.7 Å². The van der Waals surface area contributed by atoms with Crippen LogP contribution in [0.25, 0.3) is 10.4 Å². The van der Waals surface area contributed by atoms with E-state index >= 15 is 0 Å². The van der Waals surface area contributed by atoms with Crippen LogP contribution in [0.2, 0.25) is 0 Å². The van der Waals surface area contributed by atoms with E-state index in [-0.39, 0.29) is 39.5 Å². The average Bonchev–Trinajstić information content (AvgIpc) is 3.32. The number of nitrogens with zero attached hydrogens (tertiary/aromatic N) is 3. The van der Waals surface area contributed by atoms with Crippen LogP contribution in [0.1, 0.15) is 39.8 Å². The summed E-state index contributed by atoms with van der Waals surface area (Å²) >= 11 is 1.24. The molecule has 7 rings (SSSR count). The normalized spacial score (nSPS) is 19.5. The molecular formula is C51H51N3O7S. The summed E-state index contributed by atoms with van der Waals surface area (Å²) in [6, 6.07) is 55.7. The Balaban J connectivity index is 1.32. The molecule has 0 amide bonds. The Morgan fingerprint density at radius 1 is 0.677 bits per heavy atom. The first-order chi connectivity index (χ1) is 30.5. The maximum Gasteiger partial charge on any atom is 0.349 e. The van der Waals surface area contributed by atoms with Gasteiger partial charge in [0.2, 0.25) is 4.93 Å². The molecule has 0 radical (unpaired) electrons. The van der Waals surface area contributed by atoms with E-state index in [1.807, 2.05) is 183 Å². The van der Waals surface area contributed by atoms with Crippen molar-refractivity contribution < 1.29 is 33.2 Å². The number of carbonyl (C=O) groups is 1. The molecule has 318 valence electrons. The molecular weight excluding hydrogens is 799 g/mol. The van der Waals surface area contributed by atoms with Crippen LogP contribution >= 0.6 is 11.8 Å². The molecule has 11 heteroatoms. The van der Waals surface area contributed by atoms with Gasteiger partial charge in [-0.2, -0.15) is 0 Å².